The monoisotopic (exact) mass is 299 g/mol. The molecule has 2 aromatic carbocycles. The lowest BCUT2D eigenvalue weighted by Gasteiger charge is -2.27. The number of hydrogen-bond acceptors (Lipinski definition) is 5. The van der Waals surface area contributed by atoms with Gasteiger partial charge < -0.3 is 16.2 Å². The van der Waals surface area contributed by atoms with E-state index in [-0.39, 0.29) is 13.2 Å². The fourth-order valence-electron chi connectivity index (χ4n) is 2.61. The van der Waals surface area contributed by atoms with Crippen LogP contribution >= 0.6 is 0 Å². The van der Waals surface area contributed by atoms with E-state index in [1.54, 1.807) is 30.3 Å². The first-order chi connectivity index (χ1) is 10.5. The minimum atomic E-state index is -0.952. The second-order valence-electron chi connectivity index (χ2n) is 4.86. The van der Waals surface area contributed by atoms with Crippen molar-refractivity contribution in [2.75, 3.05) is 18.9 Å². The van der Waals surface area contributed by atoms with Gasteiger partial charge in [-0.3, -0.25) is 14.5 Å². The Labute approximate surface area is 125 Å². The molecule has 3 rings (SSSR count). The molecule has 1 heterocycles. The molecule has 0 unspecified atom stereocenters. The van der Waals surface area contributed by atoms with Crippen molar-refractivity contribution >= 4 is 34.4 Å². The molecule has 0 spiro atoms. The second-order valence-corrected chi connectivity index (χ2v) is 4.86. The molecular weight excluding hydrogens is 286 g/mol. The minimum absolute atomic E-state index is 0.0548. The van der Waals surface area contributed by atoms with Crippen molar-refractivity contribution in [3.05, 3.63) is 41.5 Å². The van der Waals surface area contributed by atoms with E-state index in [1.807, 2.05) is 0 Å². The summed E-state index contributed by atoms with van der Waals surface area (Å²) >= 11 is 0. The lowest BCUT2D eigenvalue weighted by molar-refractivity contribution is 0.0566. The standard InChI is InChI=1S/C15H13N3O4/c16-11-5-4-10-12-8(11)2-1-3-9(12)13(19)18(14(10)20)6-7-22-15(17)21/h1-5H,6-7,16H2,(H2,17,21). The number of primary amides is 1. The molecule has 1 aliphatic heterocycles. The molecule has 0 aromatic heterocycles. The number of anilines is 1. The van der Waals surface area contributed by atoms with Gasteiger partial charge in [0.15, 0.2) is 0 Å². The van der Waals surface area contributed by atoms with Crippen molar-refractivity contribution < 1.29 is 19.1 Å². The first kappa shape index (κ1) is 13.9. The van der Waals surface area contributed by atoms with Gasteiger partial charge in [-0.1, -0.05) is 12.1 Å². The fourth-order valence-corrected chi connectivity index (χ4v) is 2.61. The molecule has 0 bridgehead atoms. The highest BCUT2D eigenvalue weighted by atomic mass is 16.5. The molecule has 4 N–H and O–H groups in total. The topological polar surface area (TPSA) is 116 Å². The Morgan fingerprint density at radius 3 is 2.45 bits per heavy atom. The van der Waals surface area contributed by atoms with Gasteiger partial charge in [0.05, 0.1) is 6.54 Å². The SMILES string of the molecule is NC(=O)OCCN1C(=O)c2cccc3c(N)ccc(c23)C1=O. The predicted octanol–water partition coefficient (Wildman–Crippen LogP) is 1.11. The van der Waals surface area contributed by atoms with Gasteiger partial charge in [0.25, 0.3) is 11.8 Å². The molecule has 0 saturated carbocycles. The third kappa shape index (κ3) is 2.03. The van der Waals surface area contributed by atoms with Crippen molar-refractivity contribution in [1.29, 1.82) is 0 Å². The largest absolute Gasteiger partial charge is 0.448 e. The molecule has 22 heavy (non-hydrogen) atoms. The van der Waals surface area contributed by atoms with Gasteiger partial charge in [0, 0.05) is 27.6 Å². The van der Waals surface area contributed by atoms with Crippen molar-refractivity contribution in [1.82, 2.24) is 4.90 Å². The van der Waals surface area contributed by atoms with Crippen molar-refractivity contribution in [2.45, 2.75) is 0 Å². The summed E-state index contributed by atoms with van der Waals surface area (Å²) < 4.78 is 4.59. The van der Waals surface area contributed by atoms with Gasteiger partial charge in [-0.05, 0) is 18.2 Å². The highest BCUT2D eigenvalue weighted by molar-refractivity contribution is 6.26. The molecule has 0 aliphatic carbocycles. The van der Waals surface area contributed by atoms with E-state index in [4.69, 9.17) is 11.5 Å². The van der Waals surface area contributed by atoms with Crippen molar-refractivity contribution in [3.63, 3.8) is 0 Å². The summed E-state index contributed by atoms with van der Waals surface area (Å²) in [4.78, 5) is 36.6. The van der Waals surface area contributed by atoms with Crippen LogP contribution in [0.5, 0.6) is 0 Å². The molecule has 7 heteroatoms. The number of imide groups is 1. The lowest BCUT2D eigenvalue weighted by atomic mass is 9.93. The Morgan fingerprint density at radius 2 is 1.77 bits per heavy atom. The number of benzene rings is 2. The highest BCUT2D eigenvalue weighted by Gasteiger charge is 2.32. The average molecular weight is 299 g/mol. The van der Waals surface area contributed by atoms with Gasteiger partial charge in [-0.2, -0.15) is 0 Å². The zero-order valence-electron chi connectivity index (χ0n) is 11.5. The fraction of sp³-hybridized carbons (Fsp3) is 0.133. The van der Waals surface area contributed by atoms with Crippen LogP contribution in [0.15, 0.2) is 30.3 Å². The van der Waals surface area contributed by atoms with E-state index in [0.717, 1.165) is 4.90 Å². The molecule has 7 nitrogen and oxygen atoms in total. The van der Waals surface area contributed by atoms with E-state index in [1.165, 1.54) is 0 Å². The minimum Gasteiger partial charge on any atom is -0.448 e. The first-order valence-corrected chi connectivity index (χ1v) is 6.60. The zero-order valence-corrected chi connectivity index (χ0v) is 11.5. The first-order valence-electron chi connectivity index (χ1n) is 6.60. The normalized spacial score (nSPS) is 13.5. The quantitative estimate of drug-likeness (QED) is 0.650. The Balaban J connectivity index is 2.05. The van der Waals surface area contributed by atoms with Gasteiger partial charge in [0.1, 0.15) is 6.61 Å². The average Bonchev–Trinajstić information content (AvgIpc) is 2.49. The van der Waals surface area contributed by atoms with Gasteiger partial charge >= 0.3 is 6.09 Å². The van der Waals surface area contributed by atoms with E-state index < -0.39 is 17.9 Å². The molecule has 3 amide bonds. The molecule has 0 atom stereocenters. The van der Waals surface area contributed by atoms with Crippen LogP contribution in [0, 0.1) is 0 Å². The van der Waals surface area contributed by atoms with E-state index in [9.17, 15) is 14.4 Å². The summed E-state index contributed by atoms with van der Waals surface area (Å²) in [5, 5.41) is 1.23. The van der Waals surface area contributed by atoms with E-state index >= 15 is 0 Å². The maximum Gasteiger partial charge on any atom is 0.404 e. The number of nitrogens with two attached hydrogens (primary N) is 2. The maximum absolute atomic E-state index is 12.5. The van der Waals surface area contributed by atoms with Crippen LogP contribution in [0.4, 0.5) is 10.5 Å². The third-order valence-corrected chi connectivity index (χ3v) is 3.58. The number of nitrogen functional groups attached to an aromatic ring is 1. The Hall–Kier alpha value is -3.09. The summed E-state index contributed by atoms with van der Waals surface area (Å²) in [6.07, 6.45) is -0.952. The molecule has 2 aromatic rings. The summed E-state index contributed by atoms with van der Waals surface area (Å²) in [7, 11) is 0. The van der Waals surface area contributed by atoms with Gasteiger partial charge in [-0.15, -0.1) is 0 Å². The van der Waals surface area contributed by atoms with Gasteiger partial charge in [-0.25, -0.2) is 4.79 Å². The molecule has 112 valence electrons. The molecule has 0 saturated heterocycles. The van der Waals surface area contributed by atoms with Crippen LogP contribution in [0.3, 0.4) is 0 Å². The van der Waals surface area contributed by atoms with Crippen molar-refractivity contribution in [2.24, 2.45) is 5.73 Å². The number of nitrogens with zero attached hydrogens (tertiary/aromatic N) is 1. The van der Waals surface area contributed by atoms with Crippen LogP contribution in [-0.2, 0) is 4.74 Å². The summed E-state index contributed by atoms with van der Waals surface area (Å²) in [5.74, 6) is -0.886. The summed E-state index contributed by atoms with van der Waals surface area (Å²) in [5.41, 5.74) is 12.1. The molecule has 0 fully saturated rings. The Bertz CT molecular complexity index is 794. The van der Waals surface area contributed by atoms with Crippen LogP contribution in [0.25, 0.3) is 10.8 Å². The zero-order chi connectivity index (χ0) is 15.9. The second kappa shape index (κ2) is 5.03. The Morgan fingerprint density at radius 1 is 1.09 bits per heavy atom. The number of carbonyl (C=O) groups excluding carboxylic acids is 3. The molecule has 0 radical (unpaired) electrons. The molecular formula is C15H13N3O4. The van der Waals surface area contributed by atoms with E-state index in [2.05, 4.69) is 4.74 Å². The van der Waals surface area contributed by atoms with Gasteiger partial charge in [0.2, 0.25) is 0 Å². The van der Waals surface area contributed by atoms with Crippen LogP contribution in [0.2, 0.25) is 0 Å². The number of hydrogen-bond donors (Lipinski definition) is 2. The van der Waals surface area contributed by atoms with E-state index in [0.29, 0.717) is 27.6 Å². The number of rotatable bonds is 3. The summed E-state index contributed by atoms with van der Waals surface area (Å²) in [6.45, 7) is -0.200. The smallest absolute Gasteiger partial charge is 0.404 e. The van der Waals surface area contributed by atoms with Crippen LogP contribution in [0.1, 0.15) is 20.7 Å². The number of amides is 3. The van der Waals surface area contributed by atoms with Crippen LogP contribution in [-0.4, -0.2) is 36.0 Å². The Kier molecular flexibility index (Phi) is 3.17. The molecule has 1 aliphatic rings. The predicted molar refractivity (Wildman–Crippen MR) is 79.3 cm³/mol. The highest BCUT2D eigenvalue weighted by Crippen LogP contribution is 2.32. The summed E-state index contributed by atoms with van der Waals surface area (Å²) in [6, 6.07) is 8.35. The third-order valence-electron chi connectivity index (χ3n) is 3.58. The lowest BCUT2D eigenvalue weighted by Crippen LogP contribution is -2.42. The van der Waals surface area contributed by atoms with Crippen molar-refractivity contribution in [3.8, 4) is 0 Å². The van der Waals surface area contributed by atoms with Crippen LogP contribution < -0.4 is 11.5 Å². The maximum atomic E-state index is 12.5. The number of ether oxygens (including phenoxy) is 1. The number of carbonyl (C=O) groups is 3.